The Morgan fingerprint density at radius 2 is 2.08 bits per heavy atom. The zero-order valence-electron chi connectivity index (χ0n) is 23.9. The van der Waals surface area contributed by atoms with Crippen molar-refractivity contribution >= 4 is 23.6 Å². The van der Waals surface area contributed by atoms with Gasteiger partial charge >= 0.3 is 5.97 Å². The molecule has 2 aliphatic heterocycles. The Morgan fingerprint density at radius 1 is 1.32 bits per heavy atom. The number of nitrogens with one attached hydrogen (secondary N) is 1. The molecule has 5 atom stereocenters. The number of carbonyl (C=O) groups is 2. The van der Waals surface area contributed by atoms with E-state index in [4.69, 9.17) is 4.74 Å². The van der Waals surface area contributed by atoms with Gasteiger partial charge in [-0.25, -0.2) is 4.79 Å². The molecule has 0 radical (unpaired) electrons. The fourth-order valence-corrected chi connectivity index (χ4v) is 7.60. The minimum atomic E-state index is -1.16. The first-order valence-corrected chi connectivity index (χ1v) is 15.1. The zero-order chi connectivity index (χ0) is 29.1. The van der Waals surface area contributed by atoms with Gasteiger partial charge in [0.25, 0.3) is 0 Å². The van der Waals surface area contributed by atoms with E-state index in [0.29, 0.717) is 10.7 Å². The lowest BCUT2D eigenvalue weighted by molar-refractivity contribution is -0.156. The van der Waals surface area contributed by atoms with Crippen molar-refractivity contribution in [2.24, 2.45) is 11.8 Å². The van der Waals surface area contributed by atoms with Gasteiger partial charge in [-0.1, -0.05) is 43.6 Å². The molecule has 8 nitrogen and oxygen atoms in total. The number of hydrogen-bond donors (Lipinski definition) is 4. The molecule has 40 heavy (non-hydrogen) atoms. The number of carboxylic acids is 1. The Balaban J connectivity index is 1.53. The maximum Gasteiger partial charge on any atom is 0.353 e. The average molecular weight is 571 g/mol. The maximum absolute atomic E-state index is 12.5. The summed E-state index contributed by atoms with van der Waals surface area (Å²) in [6, 6.07) is 3.88. The summed E-state index contributed by atoms with van der Waals surface area (Å²) in [4.78, 5) is 26.2. The standard InChI is InChI=1S/C31H42N2O6S/c1-6-7-8-9-20-13-23(35)27(22-12-18(4)10-11-21(22)17(2)3)24(14-20)39-16-32-15-25-28(31(37)38)33-29(36)26(19(5)34)30(33)40-25/h12-14,19,21-22,26,30,32,34-35H,2,6-11,15-16H2,1,3-5H3,(H,37,38)/t19-,21+,22-,26+,30-/m1/s1. The number of fused-ring (bicyclic) bond motifs is 1. The van der Waals surface area contributed by atoms with Crippen LogP contribution in [0.4, 0.5) is 0 Å². The van der Waals surface area contributed by atoms with Crippen LogP contribution in [0.1, 0.15) is 76.8 Å². The van der Waals surface area contributed by atoms with Crippen LogP contribution in [0.2, 0.25) is 0 Å². The molecule has 0 saturated carbocycles. The highest BCUT2D eigenvalue weighted by Crippen LogP contribution is 2.50. The molecule has 9 heteroatoms. The van der Waals surface area contributed by atoms with Gasteiger partial charge in [0.15, 0.2) is 0 Å². The van der Waals surface area contributed by atoms with Gasteiger partial charge in [-0.15, -0.1) is 11.8 Å². The smallest absolute Gasteiger partial charge is 0.353 e. The van der Waals surface area contributed by atoms with Crippen molar-refractivity contribution in [2.45, 2.75) is 83.6 Å². The minimum Gasteiger partial charge on any atom is -0.507 e. The van der Waals surface area contributed by atoms with Crippen LogP contribution in [-0.4, -0.2) is 56.8 Å². The van der Waals surface area contributed by atoms with E-state index in [1.807, 2.05) is 19.1 Å². The number of thioether (sulfide) groups is 1. The van der Waals surface area contributed by atoms with Crippen molar-refractivity contribution in [3.63, 3.8) is 0 Å². The number of nitrogens with zero attached hydrogens (tertiary/aromatic N) is 1. The lowest BCUT2D eigenvalue weighted by atomic mass is 9.73. The molecule has 1 amide bonds. The van der Waals surface area contributed by atoms with Crippen molar-refractivity contribution in [1.82, 2.24) is 10.2 Å². The third-order valence-electron chi connectivity index (χ3n) is 8.15. The summed E-state index contributed by atoms with van der Waals surface area (Å²) in [5, 5.41) is 33.8. The highest BCUT2D eigenvalue weighted by molar-refractivity contribution is 8.04. The van der Waals surface area contributed by atoms with E-state index in [0.717, 1.165) is 55.2 Å². The monoisotopic (exact) mass is 570 g/mol. The zero-order valence-corrected chi connectivity index (χ0v) is 24.7. The predicted octanol–water partition coefficient (Wildman–Crippen LogP) is 5.28. The molecular weight excluding hydrogens is 528 g/mol. The largest absolute Gasteiger partial charge is 0.507 e. The highest BCUT2D eigenvalue weighted by atomic mass is 32.2. The van der Waals surface area contributed by atoms with Crippen LogP contribution in [0.5, 0.6) is 11.5 Å². The van der Waals surface area contributed by atoms with E-state index in [9.17, 15) is 24.9 Å². The molecule has 0 bridgehead atoms. The first-order chi connectivity index (χ1) is 19.0. The van der Waals surface area contributed by atoms with Gasteiger partial charge in [0.2, 0.25) is 5.91 Å². The van der Waals surface area contributed by atoms with Crippen molar-refractivity contribution in [3.8, 4) is 11.5 Å². The number of phenols is 1. The van der Waals surface area contributed by atoms with E-state index in [1.54, 1.807) is 6.92 Å². The summed E-state index contributed by atoms with van der Waals surface area (Å²) in [5.74, 6) is -1.16. The number of hydrogen-bond acceptors (Lipinski definition) is 7. The van der Waals surface area contributed by atoms with Gasteiger partial charge in [0, 0.05) is 22.9 Å². The number of unbranched alkanes of at least 4 members (excludes halogenated alkanes) is 2. The number of β-lactam (4-membered cyclic amide) rings is 1. The number of phenolic OH excluding ortho intramolecular Hbond substituents is 1. The fourth-order valence-electron chi connectivity index (χ4n) is 6.02. The molecule has 1 aromatic carbocycles. The molecule has 0 unspecified atom stereocenters. The number of allylic oxidation sites excluding steroid dienone is 3. The Bertz CT molecular complexity index is 1220. The maximum atomic E-state index is 12.5. The van der Waals surface area contributed by atoms with Crippen molar-refractivity contribution in [3.05, 3.63) is 57.7 Å². The number of carboxylic acid groups (broad SMARTS) is 1. The lowest BCUT2D eigenvalue weighted by Gasteiger charge is -2.43. The third kappa shape index (κ3) is 6.11. The van der Waals surface area contributed by atoms with Crippen LogP contribution < -0.4 is 10.1 Å². The second-order valence-corrected chi connectivity index (χ2v) is 12.5. The van der Waals surface area contributed by atoms with Crippen molar-refractivity contribution in [2.75, 3.05) is 13.3 Å². The Labute approximate surface area is 241 Å². The second kappa shape index (κ2) is 12.8. The number of aryl methyl sites for hydroxylation is 1. The van der Waals surface area contributed by atoms with Crippen LogP contribution in [0.25, 0.3) is 0 Å². The van der Waals surface area contributed by atoms with Gasteiger partial charge in [-0.3, -0.25) is 15.0 Å². The Hall–Kier alpha value is -2.75. The molecule has 0 aromatic heterocycles. The molecule has 2 heterocycles. The number of amides is 1. The van der Waals surface area contributed by atoms with Crippen LogP contribution >= 0.6 is 11.8 Å². The molecule has 1 aliphatic carbocycles. The summed E-state index contributed by atoms with van der Waals surface area (Å²) in [5.41, 5.74) is 4.09. The molecule has 1 saturated heterocycles. The van der Waals surface area contributed by atoms with Crippen molar-refractivity contribution < 1.29 is 29.6 Å². The van der Waals surface area contributed by atoms with Crippen LogP contribution in [0, 0.1) is 11.8 Å². The normalized spacial score (nSPS) is 24.9. The van der Waals surface area contributed by atoms with Gasteiger partial charge < -0.3 is 20.1 Å². The van der Waals surface area contributed by atoms with E-state index in [-0.39, 0.29) is 42.5 Å². The number of aliphatic hydroxyl groups is 1. The molecule has 3 aliphatic rings. The van der Waals surface area contributed by atoms with Crippen LogP contribution in [0.3, 0.4) is 0 Å². The van der Waals surface area contributed by atoms with E-state index in [1.165, 1.54) is 22.2 Å². The highest BCUT2D eigenvalue weighted by Gasteiger charge is 2.57. The second-order valence-electron chi connectivity index (χ2n) is 11.3. The molecular formula is C31H42N2O6S. The molecule has 4 N–H and O–H groups in total. The number of aromatic hydroxyl groups is 1. The van der Waals surface area contributed by atoms with Gasteiger partial charge in [-0.05, 0) is 70.1 Å². The van der Waals surface area contributed by atoms with Crippen molar-refractivity contribution in [1.29, 1.82) is 0 Å². The first-order valence-electron chi connectivity index (χ1n) is 14.2. The Morgan fingerprint density at radius 3 is 2.73 bits per heavy atom. The van der Waals surface area contributed by atoms with E-state index >= 15 is 0 Å². The molecule has 1 fully saturated rings. The van der Waals surface area contributed by atoms with Gasteiger partial charge in [-0.2, -0.15) is 0 Å². The van der Waals surface area contributed by atoms with Gasteiger partial charge in [0.05, 0.1) is 12.0 Å². The molecule has 4 rings (SSSR count). The van der Waals surface area contributed by atoms with Crippen LogP contribution in [0.15, 0.2) is 46.5 Å². The average Bonchev–Trinajstić information content (AvgIpc) is 3.20. The number of carbonyl (C=O) groups excluding carboxylic acids is 1. The summed E-state index contributed by atoms with van der Waals surface area (Å²) in [6.07, 6.45) is 7.42. The van der Waals surface area contributed by atoms with Gasteiger partial charge in [0.1, 0.15) is 29.3 Å². The number of aliphatic hydroxyl groups excluding tert-OH is 1. The molecule has 1 aromatic rings. The number of ether oxygens (including phenoxy) is 1. The van der Waals surface area contributed by atoms with Crippen LogP contribution in [-0.2, 0) is 16.0 Å². The van der Waals surface area contributed by atoms with E-state index in [2.05, 4.69) is 31.8 Å². The third-order valence-corrected chi connectivity index (χ3v) is 9.52. The Kier molecular flexibility index (Phi) is 9.69. The number of rotatable bonds is 13. The fraction of sp³-hybridized carbons (Fsp3) is 0.548. The lowest BCUT2D eigenvalue weighted by Crippen LogP contribution is -2.60. The predicted molar refractivity (Wildman–Crippen MR) is 157 cm³/mol. The molecule has 218 valence electrons. The SMILES string of the molecule is C=C(C)[C@@H]1CCC(C)=C[C@H]1c1c(O)cc(CCCCC)cc1OCNCC1=C(C(=O)O)N2C(=O)[C@H]([C@@H](C)O)[C@H]2S1. The summed E-state index contributed by atoms with van der Waals surface area (Å²) in [6.45, 7) is 12.4. The topological polar surface area (TPSA) is 119 Å². The first kappa shape index (κ1) is 30.2. The summed E-state index contributed by atoms with van der Waals surface area (Å²) >= 11 is 1.30. The number of benzene rings is 1. The number of aliphatic carboxylic acids is 1. The van der Waals surface area contributed by atoms with E-state index < -0.39 is 23.4 Å². The quantitative estimate of drug-likeness (QED) is 0.110. The molecule has 0 spiro atoms. The summed E-state index contributed by atoms with van der Waals surface area (Å²) in [7, 11) is 0. The summed E-state index contributed by atoms with van der Waals surface area (Å²) < 4.78 is 6.26. The minimum absolute atomic E-state index is 0.0345.